The molecule has 6 nitrogen and oxygen atoms in total. The minimum Gasteiger partial charge on any atom is -0.483 e. The number of benzene rings is 1. The molecule has 1 heterocycles. The third-order valence-electron chi connectivity index (χ3n) is 5.00. The van der Waals surface area contributed by atoms with Crippen LogP contribution < -0.4 is 10.1 Å². The van der Waals surface area contributed by atoms with E-state index in [1.54, 1.807) is 6.92 Å². The molecule has 0 radical (unpaired) electrons. The van der Waals surface area contributed by atoms with Crippen LogP contribution >= 0.6 is 0 Å². The summed E-state index contributed by atoms with van der Waals surface area (Å²) in [4.78, 5) is 12.2. The van der Waals surface area contributed by atoms with E-state index in [0.717, 1.165) is 17.7 Å². The maximum atomic E-state index is 12.2. The molecule has 1 N–H and O–H groups in total. The molecule has 0 spiro atoms. The summed E-state index contributed by atoms with van der Waals surface area (Å²) in [6.45, 7) is 6.80. The molecule has 0 aromatic heterocycles. The Morgan fingerprint density at radius 3 is 2.54 bits per heavy atom. The van der Waals surface area contributed by atoms with Crippen LogP contribution in [0.1, 0.15) is 51.5 Å². The molecule has 1 aromatic rings. The van der Waals surface area contributed by atoms with Gasteiger partial charge in [0.2, 0.25) is 10.0 Å². The number of carbonyl (C=O) groups excluding carboxylic acids is 1. The van der Waals surface area contributed by atoms with Crippen molar-refractivity contribution in [1.29, 1.82) is 0 Å². The van der Waals surface area contributed by atoms with Crippen LogP contribution in [-0.2, 0) is 14.8 Å². The van der Waals surface area contributed by atoms with Gasteiger partial charge in [-0.15, -0.1) is 0 Å². The minimum atomic E-state index is -3.14. The molecule has 1 unspecified atom stereocenters. The van der Waals surface area contributed by atoms with Gasteiger partial charge in [-0.25, -0.2) is 12.7 Å². The summed E-state index contributed by atoms with van der Waals surface area (Å²) >= 11 is 0. The highest BCUT2D eigenvalue weighted by Crippen LogP contribution is 2.28. The fourth-order valence-corrected chi connectivity index (χ4v) is 4.24. The van der Waals surface area contributed by atoms with E-state index in [1.807, 2.05) is 24.3 Å². The minimum absolute atomic E-state index is 0.000727. The van der Waals surface area contributed by atoms with Crippen molar-refractivity contribution in [1.82, 2.24) is 9.62 Å². The zero-order valence-corrected chi connectivity index (χ0v) is 16.7. The Kier molecular flexibility index (Phi) is 7.46. The molecule has 0 aliphatic carbocycles. The second-order valence-corrected chi connectivity index (χ2v) is 9.03. The van der Waals surface area contributed by atoms with E-state index in [4.69, 9.17) is 4.74 Å². The van der Waals surface area contributed by atoms with Gasteiger partial charge >= 0.3 is 0 Å². The molecule has 1 aliphatic rings. The molecule has 146 valence electrons. The Morgan fingerprint density at radius 2 is 1.92 bits per heavy atom. The van der Waals surface area contributed by atoms with Gasteiger partial charge in [0.15, 0.2) is 6.61 Å². The standard InChI is InChI=1S/C19H30N2O4S/c1-4-15(3)17-8-6-7-9-18(17)25-14-19(22)20-16-10-12-21(13-11-16)26(23,24)5-2/h6-9,15-16H,4-5,10-14H2,1-3H3,(H,20,22). The third-order valence-corrected chi connectivity index (χ3v) is 6.88. The molecular formula is C19H30N2O4S. The molecular weight excluding hydrogens is 352 g/mol. The quantitative estimate of drug-likeness (QED) is 0.750. The van der Waals surface area contributed by atoms with Crippen LogP contribution in [0.2, 0.25) is 0 Å². The number of sulfonamides is 1. The van der Waals surface area contributed by atoms with Gasteiger partial charge in [-0.1, -0.05) is 32.0 Å². The number of nitrogens with one attached hydrogen (secondary N) is 1. The van der Waals surface area contributed by atoms with Gasteiger partial charge < -0.3 is 10.1 Å². The second kappa shape index (κ2) is 9.37. The van der Waals surface area contributed by atoms with Crippen LogP contribution in [0.15, 0.2) is 24.3 Å². The molecule has 1 amide bonds. The van der Waals surface area contributed by atoms with Gasteiger partial charge in [0.05, 0.1) is 5.75 Å². The maximum Gasteiger partial charge on any atom is 0.258 e. The molecule has 0 saturated carbocycles. The predicted molar refractivity (Wildman–Crippen MR) is 103 cm³/mol. The lowest BCUT2D eigenvalue weighted by Crippen LogP contribution is -2.47. The zero-order valence-electron chi connectivity index (χ0n) is 15.9. The van der Waals surface area contributed by atoms with Gasteiger partial charge in [-0.3, -0.25) is 4.79 Å². The average molecular weight is 383 g/mol. The highest BCUT2D eigenvalue weighted by atomic mass is 32.2. The van der Waals surface area contributed by atoms with E-state index in [1.165, 1.54) is 4.31 Å². The Morgan fingerprint density at radius 1 is 1.27 bits per heavy atom. The molecule has 1 saturated heterocycles. The highest BCUT2D eigenvalue weighted by molar-refractivity contribution is 7.89. The number of ether oxygens (including phenoxy) is 1. The van der Waals surface area contributed by atoms with Crippen molar-refractivity contribution < 1.29 is 17.9 Å². The monoisotopic (exact) mass is 382 g/mol. The van der Waals surface area contributed by atoms with Crippen LogP contribution in [0.25, 0.3) is 0 Å². The van der Waals surface area contributed by atoms with E-state index in [0.29, 0.717) is 31.8 Å². The molecule has 1 aromatic carbocycles. The number of nitrogens with zero attached hydrogens (tertiary/aromatic N) is 1. The van der Waals surface area contributed by atoms with Crippen molar-refractivity contribution in [2.75, 3.05) is 25.4 Å². The van der Waals surface area contributed by atoms with Gasteiger partial charge in [-0.05, 0) is 43.7 Å². The summed E-state index contributed by atoms with van der Waals surface area (Å²) in [6.07, 6.45) is 2.27. The number of rotatable bonds is 8. The van der Waals surface area contributed by atoms with E-state index in [9.17, 15) is 13.2 Å². The van der Waals surface area contributed by atoms with Crippen molar-refractivity contribution in [3.63, 3.8) is 0 Å². The van der Waals surface area contributed by atoms with E-state index >= 15 is 0 Å². The van der Waals surface area contributed by atoms with Crippen molar-refractivity contribution in [2.45, 2.75) is 52.0 Å². The van der Waals surface area contributed by atoms with Crippen LogP contribution in [0.4, 0.5) is 0 Å². The Labute approximate surface area is 157 Å². The maximum absolute atomic E-state index is 12.2. The lowest BCUT2D eigenvalue weighted by molar-refractivity contribution is -0.124. The van der Waals surface area contributed by atoms with Crippen LogP contribution in [0, 0.1) is 0 Å². The fourth-order valence-electron chi connectivity index (χ4n) is 3.11. The average Bonchev–Trinajstić information content (AvgIpc) is 2.66. The molecule has 7 heteroatoms. The number of carbonyl (C=O) groups is 1. The van der Waals surface area contributed by atoms with Crippen LogP contribution in [-0.4, -0.2) is 50.1 Å². The number of hydrogen-bond donors (Lipinski definition) is 1. The topological polar surface area (TPSA) is 75.7 Å². The number of amides is 1. The van der Waals surface area contributed by atoms with E-state index < -0.39 is 10.0 Å². The molecule has 1 fully saturated rings. The van der Waals surface area contributed by atoms with Gasteiger partial charge in [0.25, 0.3) is 5.91 Å². The second-order valence-electron chi connectivity index (χ2n) is 6.78. The first-order valence-electron chi connectivity index (χ1n) is 9.36. The van der Waals surface area contributed by atoms with Crippen molar-refractivity contribution >= 4 is 15.9 Å². The first-order chi connectivity index (χ1) is 12.4. The van der Waals surface area contributed by atoms with Crippen LogP contribution in [0.5, 0.6) is 5.75 Å². The Hall–Kier alpha value is -1.60. The molecule has 2 rings (SSSR count). The first-order valence-corrected chi connectivity index (χ1v) is 11.0. The van der Waals surface area contributed by atoms with E-state index in [-0.39, 0.29) is 24.3 Å². The lowest BCUT2D eigenvalue weighted by Gasteiger charge is -2.31. The summed E-state index contributed by atoms with van der Waals surface area (Å²) in [7, 11) is -3.14. The Bertz CT molecular complexity index is 697. The first kappa shape index (κ1) is 20.7. The van der Waals surface area contributed by atoms with E-state index in [2.05, 4.69) is 19.2 Å². The predicted octanol–water partition coefficient (Wildman–Crippen LogP) is 2.51. The van der Waals surface area contributed by atoms with Gasteiger partial charge in [0, 0.05) is 19.1 Å². The smallest absolute Gasteiger partial charge is 0.258 e. The van der Waals surface area contributed by atoms with Crippen LogP contribution in [0.3, 0.4) is 0 Å². The summed E-state index contributed by atoms with van der Waals surface area (Å²) in [5.74, 6) is 1.08. The van der Waals surface area contributed by atoms with Crippen molar-refractivity contribution in [2.24, 2.45) is 0 Å². The number of hydrogen-bond acceptors (Lipinski definition) is 4. The SMILES string of the molecule is CCC(C)c1ccccc1OCC(=O)NC1CCN(S(=O)(=O)CC)CC1. The normalized spacial score (nSPS) is 17.7. The summed E-state index contributed by atoms with van der Waals surface area (Å²) in [5.41, 5.74) is 1.11. The largest absolute Gasteiger partial charge is 0.483 e. The summed E-state index contributed by atoms with van der Waals surface area (Å²) in [6, 6.07) is 7.81. The Balaban J connectivity index is 1.82. The molecule has 0 bridgehead atoms. The number of piperidine rings is 1. The molecule has 1 aliphatic heterocycles. The third kappa shape index (κ3) is 5.45. The zero-order chi connectivity index (χ0) is 19.2. The fraction of sp³-hybridized carbons (Fsp3) is 0.632. The lowest BCUT2D eigenvalue weighted by atomic mass is 9.98. The molecule has 26 heavy (non-hydrogen) atoms. The number of para-hydroxylation sites is 1. The van der Waals surface area contributed by atoms with Gasteiger partial charge in [-0.2, -0.15) is 0 Å². The van der Waals surface area contributed by atoms with Crippen molar-refractivity contribution in [3.8, 4) is 5.75 Å². The molecule has 1 atom stereocenters. The highest BCUT2D eigenvalue weighted by Gasteiger charge is 2.27. The van der Waals surface area contributed by atoms with Crippen molar-refractivity contribution in [3.05, 3.63) is 29.8 Å². The summed E-state index contributed by atoms with van der Waals surface area (Å²) < 4.78 is 31.0. The summed E-state index contributed by atoms with van der Waals surface area (Å²) in [5, 5.41) is 2.96. The van der Waals surface area contributed by atoms with Gasteiger partial charge in [0.1, 0.15) is 5.75 Å².